The molecule has 62 heavy (non-hydrogen) atoms. The van der Waals surface area contributed by atoms with Crippen LogP contribution in [0.15, 0.2) is 127 Å². The zero-order valence-electron chi connectivity index (χ0n) is 30.9. The fourth-order valence-corrected chi connectivity index (χ4v) is 4.79. The first-order valence-electron chi connectivity index (χ1n) is 13.8. The Hall–Kier alpha value is -7.45. The summed E-state index contributed by atoms with van der Waals surface area (Å²) in [6.07, 6.45) is 0.750. The molecule has 336 valence electrons. The normalized spacial score (nSPS) is 8.76. The summed E-state index contributed by atoms with van der Waals surface area (Å²) in [7, 11) is -7.45. The number of nitrogens with one attached hydrogen (secondary N) is 2. The number of aliphatic hydroxyl groups is 1. The van der Waals surface area contributed by atoms with E-state index in [4.69, 9.17) is 77.6 Å². The van der Waals surface area contributed by atoms with Gasteiger partial charge in [-0.15, -0.1) is 0 Å². The van der Waals surface area contributed by atoms with Gasteiger partial charge in [-0.2, -0.15) is 14.9 Å². The van der Waals surface area contributed by atoms with Crippen LogP contribution in [0.3, 0.4) is 0 Å². The minimum atomic E-state index is -3.73. The quantitative estimate of drug-likeness (QED) is 0.0159. The number of sulfonamides is 2. The summed E-state index contributed by atoms with van der Waals surface area (Å²) in [4.78, 5) is 24.3. The number of carbonyl (C=O) groups is 2. The van der Waals surface area contributed by atoms with Crippen LogP contribution in [0.25, 0.3) is 0 Å². The number of ether oxygens (including phenoxy) is 2. The first-order valence-corrected chi connectivity index (χ1v) is 18.3. The molecule has 0 radical (unpaired) electrons. The molecule has 0 aliphatic carbocycles. The van der Waals surface area contributed by atoms with Gasteiger partial charge in [0.05, 0.1) is 9.79 Å². The third-order valence-corrected chi connectivity index (χ3v) is 8.53. The first kappa shape index (κ1) is 69.2. The van der Waals surface area contributed by atoms with Crippen molar-refractivity contribution >= 4 is 56.2 Å². The van der Waals surface area contributed by atoms with Gasteiger partial charge in [0.15, 0.2) is 0 Å². The maximum absolute atomic E-state index is 11.5. The number of rotatable bonds is 10. The summed E-state index contributed by atoms with van der Waals surface area (Å²) >= 11 is 1.41. The molecular formula is C28H36N16O14S4. The molecule has 0 fully saturated rings. The fraction of sp³-hybridized carbons (Fsp3) is 0. The van der Waals surface area contributed by atoms with Gasteiger partial charge in [0.2, 0.25) is 0 Å². The van der Waals surface area contributed by atoms with Crippen molar-refractivity contribution < 1.29 is 65.7 Å². The van der Waals surface area contributed by atoms with Gasteiger partial charge >= 0.3 is 23.4 Å². The summed E-state index contributed by atoms with van der Waals surface area (Å²) in [5.74, 6) is 12.0. The molecule has 0 spiro atoms. The van der Waals surface area contributed by atoms with E-state index in [1.54, 1.807) is 58.2 Å². The molecule has 30 nitrogen and oxygen atoms in total. The standard InChI is InChI=1S/C12H14N4O5S2.C12H10O3S2.C2H4N4O2.CHNO.CO.3N2.H3N.2H2O/c13-15-22(17,18)11-5-1-9(2-6-11)21-10-3-7-12(8-4-10)23(19,20)16-14;13-16-11-5-1-9(2-6-11)15-10-3-7-12(17-14)8-4-10;3-1(7)5-6-2(4)8;2-1-3;4*1-2;;;/h1-8,15-16H,13-14H2;1-8,13-14H;(H2,3,7)(H2,4,8);3H;;;;;1H3;2*1H2. The van der Waals surface area contributed by atoms with Crippen molar-refractivity contribution in [1.82, 2.24) is 15.8 Å². The van der Waals surface area contributed by atoms with Crippen LogP contribution in [-0.4, -0.2) is 54.1 Å². The van der Waals surface area contributed by atoms with E-state index >= 15 is 0 Å². The van der Waals surface area contributed by atoms with E-state index < -0.39 is 32.1 Å². The van der Waals surface area contributed by atoms with Crippen LogP contribution >= 0.6 is 24.1 Å². The Morgan fingerprint density at radius 3 is 0.952 bits per heavy atom. The number of primary amides is 2. The SMILES string of the molecule is N.N#CO.N#N.N#N.N#N.NC(=O)N=NC(N)=O.NNS(=O)(=O)c1ccc(Oc2ccc(S(=O)(=O)NN)cc2)cc1.O.O.OSc1ccc(Oc2ccc(SO)cc2)cc1.[C-]#[O+]. The monoisotopic (exact) mass is 948 g/mol. The molecule has 0 bridgehead atoms. The molecule has 4 aromatic rings. The number of azo groups is 1. The number of hydrazine groups is 2. The van der Waals surface area contributed by atoms with E-state index in [1.807, 2.05) is 0 Å². The molecule has 34 heteroatoms. The van der Waals surface area contributed by atoms with E-state index in [-0.39, 0.29) is 26.9 Å². The zero-order valence-corrected chi connectivity index (χ0v) is 34.2. The molecule has 0 unspecified atom stereocenters. The van der Waals surface area contributed by atoms with Gasteiger partial charge in [-0.25, -0.2) is 26.4 Å². The average Bonchev–Trinajstić information content (AvgIpc) is 3.27. The number of nitriles is 1. The molecule has 0 heterocycles. The number of urea groups is 2. The van der Waals surface area contributed by atoms with Gasteiger partial charge in [0, 0.05) is 66.2 Å². The number of nitrogens with two attached hydrogens (primary N) is 4. The summed E-state index contributed by atoms with van der Waals surface area (Å²) in [5, 5.41) is 55.0. The molecule has 0 atom stereocenters. The van der Waals surface area contributed by atoms with Crippen molar-refractivity contribution in [2.24, 2.45) is 33.4 Å². The minimum absolute atomic E-state index is 0. The third-order valence-electron chi connectivity index (χ3n) is 5.16. The second-order valence-electron chi connectivity index (χ2n) is 8.49. The van der Waals surface area contributed by atoms with Crippen molar-refractivity contribution in [3.63, 3.8) is 0 Å². The molecule has 20 N–H and O–H groups in total. The number of nitrogens with zero attached hydrogens (tertiary/aromatic N) is 9. The molecule has 0 saturated carbocycles. The van der Waals surface area contributed by atoms with E-state index in [0.717, 1.165) is 16.0 Å². The molecule has 0 aromatic heterocycles. The van der Waals surface area contributed by atoms with Crippen molar-refractivity contribution in [1.29, 1.82) is 37.6 Å². The van der Waals surface area contributed by atoms with Gasteiger partial charge in [-0.05, 0) is 97.1 Å². The first-order chi connectivity index (χ1) is 28.1. The molecule has 4 rings (SSSR count). The van der Waals surface area contributed by atoms with Gasteiger partial charge in [-0.3, -0.25) is 11.7 Å². The van der Waals surface area contributed by atoms with Crippen molar-refractivity contribution in [2.45, 2.75) is 19.6 Å². The van der Waals surface area contributed by atoms with Gasteiger partial charge in [0.1, 0.15) is 23.0 Å². The number of hydrogen-bond donors (Lipinski definition) is 10. The summed E-state index contributed by atoms with van der Waals surface area (Å²) in [6, 6.07) is 23.2. The molecule has 4 aromatic carbocycles. The Morgan fingerprint density at radius 1 is 0.597 bits per heavy atom. The van der Waals surface area contributed by atoms with Crippen LogP contribution in [0.1, 0.15) is 0 Å². The van der Waals surface area contributed by atoms with Crippen molar-refractivity contribution in [3.8, 4) is 29.3 Å². The Labute approximate surface area is 360 Å². The van der Waals surface area contributed by atoms with Crippen molar-refractivity contribution in [3.05, 3.63) is 104 Å². The number of benzene rings is 4. The zero-order chi connectivity index (χ0) is 46.5. The van der Waals surface area contributed by atoms with Gasteiger partial charge in [0.25, 0.3) is 26.3 Å². The third kappa shape index (κ3) is 30.6. The predicted molar refractivity (Wildman–Crippen MR) is 210 cm³/mol. The average molecular weight is 949 g/mol. The second kappa shape index (κ2) is 41.7. The Bertz CT molecular complexity index is 2030. The predicted octanol–water partition coefficient (Wildman–Crippen LogP) is 2.39. The van der Waals surface area contributed by atoms with Crippen LogP contribution in [0, 0.1) is 50.5 Å². The molecular weight excluding hydrogens is 913 g/mol. The van der Waals surface area contributed by atoms with Crippen LogP contribution in [0.4, 0.5) is 9.59 Å². The summed E-state index contributed by atoms with van der Waals surface area (Å²) in [5.41, 5.74) is 8.87. The van der Waals surface area contributed by atoms with Crippen molar-refractivity contribution in [2.75, 3.05) is 0 Å². The summed E-state index contributed by atoms with van der Waals surface area (Å²) < 4.78 is 82.2. The topological polar surface area (TPSA) is 619 Å². The summed E-state index contributed by atoms with van der Waals surface area (Å²) in [6.45, 7) is 4.50. The van der Waals surface area contributed by atoms with Gasteiger partial charge in [-0.1, -0.05) is 10.2 Å². The van der Waals surface area contributed by atoms with Crippen LogP contribution in [0.2, 0.25) is 0 Å². The molecule has 0 aliphatic rings. The second-order valence-corrected chi connectivity index (χ2v) is 13.2. The fourth-order valence-electron chi connectivity index (χ4n) is 3.02. The molecule has 0 saturated heterocycles. The Morgan fingerprint density at radius 2 is 0.790 bits per heavy atom. The van der Waals surface area contributed by atoms with Crippen LogP contribution < -0.4 is 48.4 Å². The Balaban J connectivity index is -0.000000137. The van der Waals surface area contributed by atoms with Crippen LogP contribution in [-0.2, 0) is 24.7 Å². The number of carbonyl (C=O) groups excluding carboxylic acids is 2. The van der Waals surface area contributed by atoms with Crippen LogP contribution in [0.5, 0.6) is 23.0 Å². The molecule has 4 amide bonds. The Kier molecular flexibility index (Phi) is 46.5. The maximum atomic E-state index is 11.5. The van der Waals surface area contributed by atoms with E-state index in [0.29, 0.717) is 47.1 Å². The molecule has 0 aliphatic heterocycles. The van der Waals surface area contributed by atoms with E-state index in [1.165, 1.54) is 48.5 Å². The number of amides is 4. The van der Waals surface area contributed by atoms with E-state index in [9.17, 15) is 26.4 Å². The number of aliphatic hydroxyl groups excluding tert-OH is 1. The van der Waals surface area contributed by atoms with Gasteiger partial charge < -0.3 is 52.3 Å². The number of hydrogen-bond acceptors (Lipinski definition) is 23. The van der Waals surface area contributed by atoms with E-state index in [2.05, 4.69) is 28.3 Å².